The van der Waals surface area contributed by atoms with Gasteiger partial charge in [-0.2, -0.15) is 0 Å². The molecule has 1 aromatic carbocycles. The van der Waals surface area contributed by atoms with Crippen molar-refractivity contribution in [3.63, 3.8) is 0 Å². The van der Waals surface area contributed by atoms with E-state index in [0.717, 1.165) is 19.4 Å². The summed E-state index contributed by atoms with van der Waals surface area (Å²) in [5.41, 5.74) is 6.37. The molecule has 0 amide bonds. The maximum absolute atomic E-state index is 13.8. The van der Waals surface area contributed by atoms with Crippen LogP contribution in [-0.4, -0.2) is 37.2 Å². The lowest BCUT2D eigenvalue weighted by Crippen LogP contribution is -2.48. The van der Waals surface area contributed by atoms with Gasteiger partial charge in [-0.1, -0.05) is 17.7 Å². The smallest absolute Gasteiger partial charge is 0.129 e. The predicted molar refractivity (Wildman–Crippen MR) is 74.7 cm³/mol. The minimum Gasteiger partial charge on any atom is -0.381 e. The summed E-state index contributed by atoms with van der Waals surface area (Å²) in [5.74, 6) is -0.253. The Balaban J connectivity index is 2.10. The molecule has 0 saturated carbocycles. The molecule has 1 saturated heterocycles. The highest BCUT2D eigenvalue weighted by Crippen LogP contribution is 2.25. The number of nitrogens with zero attached hydrogens (tertiary/aromatic N) is 1. The van der Waals surface area contributed by atoms with Crippen LogP contribution >= 0.6 is 11.6 Å². The van der Waals surface area contributed by atoms with Crippen LogP contribution in [0.25, 0.3) is 0 Å². The molecule has 0 spiro atoms. The quantitative estimate of drug-likeness (QED) is 0.924. The summed E-state index contributed by atoms with van der Waals surface area (Å²) in [6.45, 7) is 1.90. The number of hydrogen-bond donors (Lipinski definition) is 1. The third-order valence-electron chi connectivity index (χ3n) is 3.82. The minimum atomic E-state index is -0.253. The highest BCUT2D eigenvalue weighted by atomic mass is 35.5. The summed E-state index contributed by atoms with van der Waals surface area (Å²) in [6, 6.07) is 5.01. The number of ether oxygens (including phenoxy) is 1. The van der Waals surface area contributed by atoms with E-state index < -0.39 is 0 Å². The van der Waals surface area contributed by atoms with Crippen LogP contribution in [0.5, 0.6) is 0 Å². The summed E-state index contributed by atoms with van der Waals surface area (Å²) in [7, 11) is 1.72. The molecule has 0 aromatic heterocycles. The molecule has 0 bridgehead atoms. The van der Waals surface area contributed by atoms with Crippen LogP contribution in [0.3, 0.4) is 0 Å². The van der Waals surface area contributed by atoms with E-state index >= 15 is 0 Å². The second-order valence-corrected chi connectivity index (χ2v) is 5.35. The van der Waals surface area contributed by atoms with Crippen LogP contribution in [0.15, 0.2) is 18.2 Å². The van der Waals surface area contributed by atoms with Crippen molar-refractivity contribution in [2.24, 2.45) is 5.73 Å². The first-order chi connectivity index (χ1) is 9.15. The third kappa shape index (κ3) is 3.45. The standard InChI is InChI=1S/C14H20ClFN2O/c1-19-11-5-6-18(10(7-11)8-17)9-12-13(15)3-2-4-14(12)16/h2-4,10-11H,5-9,17H2,1H3. The molecule has 5 heteroatoms. The maximum Gasteiger partial charge on any atom is 0.129 e. The van der Waals surface area contributed by atoms with Crippen molar-refractivity contribution in [3.8, 4) is 0 Å². The lowest BCUT2D eigenvalue weighted by atomic mass is 9.98. The molecule has 0 aliphatic carbocycles. The van der Waals surface area contributed by atoms with Crippen LogP contribution in [0.4, 0.5) is 4.39 Å². The molecule has 2 N–H and O–H groups in total. The molecule has 2 rings (SSSR count). The number of rotatable bonds is 4. The Morgan fingerprint density at radius 2 is 2.32 bits per heavy atom. The lowest BCUT2D eigenvalue weighted by molar-refractivity contribution is 0.00989. The van der Waals surface area contributed by atoms with E-state index in [0.29, 0.717) is 23.7 Å². The monoisotopic (exact) mass is 286 g/mol. The summed E-state index contributed by atoms with van der Waals surface area (Å²) in [4.78, 5) is 2.19. The Hall–Kier alpha value is -0.680. The van der Waals surface area contributed by atoms with Gasteiger partial charge in [-0.05, 0) is 25.0 Å². The summed E-state index contributed by atoms with van der Waals surface area (Å²) in [6.07, 6.45) is 2.08. The fraction of sp³-hybridized carbons (Fsp3) is 0.571. The van der Waals surface area contributed by atoms with E-state index in [1.165, 1.54) is 6.07 Å². The van der Waals surface area contributed by atoms with E-state index in [2.05, 4.69) is 4.90 Å². The van der Waals surface area contributed by atoms with Crippen LogP contribution in [0, 0.1) is 5.82 Å². The van der Waals surface area contributed by atoms with E-state index in [1.54, 1.807) is 19.2 Å². The molecular formula is C14H20ClFN2O. The van der Waals surface area contributed by atoms with Crippen molar-refractivity contribution in [3.05, 3.63) is 34.6 Å². The minimum absolute atomic E-state index is 0.217. The molecule has 19 heavy (non-hydrogen) atoms. The average molecular weight is 287 g/mol. The fourth-order valence-electron chi connectivity index (χ4n) is 2.62. The van der Waals surface area contributed by atoms with Gasteiger partial charge in [-0.25, -0.2) is 4.39 Å². The predicted octanol–water partition coefficient (Wildman–Crippen LogP) is 2.42. The van der Waals surface area contributed by atoms with Gasteiger partial charge < -0.3 is 10.5 Å². The highest BCUT2D eigenvalue weighted by molar-refractivity contribution is 6.31. The number of hydrogen-bond acceptors (Lipinski definition) is 3. The van der Waals surface area contributed by atoms with Crippen molar-refractivity contribution in [1.29, 1.82) is 0 Å². The number of methoxy groups -OCH3 is 1. The molecule has 1 aliphatic rings. The van der Waals surface area contributed by atoms with Crippen molar-refractivity contribution >= 4 is 11.6 Å². The van der Waals surface area contributed by atoms with Crippen LogP contribution in [0.2, 0.25) is 5.02 Å². The van der Waals surface area contributed by atoms with Gasteiger partial charge in [0.05, 0.1) is 6.10 Å². The first kappa shape index (κ1) is 14.7. The van der Waals surface area contributed by atoms with E-state index in [1.807, 2.05) is 0 Å². The normalized spacial score (nSPS) is 24.6. The molecular weight excluding hydrogens is 267 g/mol. The largest absolute Gasteiger partial charge is 0.381 e. The Morgan fingerprint density at radius 1 is 1.53 bits per heavy atom. The van der Waals surface area contributed by atoms with Crippen LogP contribution in [0.1, 0.15) is 18.4 Å². The average Bonchev–Trinajstić information content (AvgIpc) is 2.43. The molecule has 1 heterocycles. The topological polar surface area (TPSA) is 38.5 Å². The Morgan fingerprint density at radius 3 is 2.95 bits per heavy atom. The van der Waals surface area contributed by atoms with Gasteiger partial charge in [0.15, 0.2) is 0 Å². The fourth-order valence-corrected chi connectivity index (χ4v) is 2.84. The molecule has 0 radical (unpaired) electrons. The van der Waals surface area contributed by atoms with Crippen molar-refractivity contribution in [1.82, 2.24) is 4.90 Å². The summed E-state index contributed by atoms with van der Waals surface area (Å²) in [5, 5.41) is 0.477. The van der Waals surface area contributed by atoms with Crippen LogP contribution in [-0.2, 0) is 11.3 Å². The highest BCUT2D eigenvalue weighted by Gasteiger charge is 2.28. The van der Waals surface area contributed by atoms with Gasteiger partial charge in [-0.3, -0.25) is 4.90 Å². The second-order valence-electron chi connectivity index (χ2n) is 4.94. The molecule has 106 valence electrons. The van der Waals surface area contributed by atoms with Gasteiger partial charge in [0, 0.05) is 43.4 Å². The van der Waals surface area contributed by atoms with Gasteiger partial charge in [-0.15, -0.1) is 0 Å². The molecule has 1 aliphatic heterocycles. The van der Waals surface area contributed by atoms with E-state index in [-0.39, 0.29) is 18.0 Å². The second kappa shape index (κ2) is 6.66. The number of piperidine rings is 1. The SMILES string of the molecule is COC1CCN(Cc2c(F)cccc2Cl)C(CN)C1. The first-order valence-electron chi connectivity index (χ1n) is 6.55. The first-order valence-corrected chi connectivity index (χ1v) is 6.93. The molecule has 2 atom stereocenters. The zero-order valence-corrected chi connectivity index (χ0v) is 11.9. The Bertz CT molecular complexity index is 410. The molecule has 1 fully saturated rings. The van der Waals surface area contributed by atoms with Gasteiger partial charge in [0.1, 0.15) is 5.82 Å². The van der Waals surface area contributed by atoms with E-state index in [9.17, 15) is 4.39 Å². The third-order valence-corrected chi connectivity index (χ3v) is 4.17. The van der Waals surface area contributed by atoms with Crippen molar-refractivity contribution in [2.45, 2.75) is 31.5 Å². The summed E-state index contributed by atoms with van der Waals surface area (Å²) >= 11 is 6.07. The Labute approximate surface area is 118 Å². The number of halogens is 2. The number of benzene rings is 1. The van der Waals surface area contributed by atoms with Gasteiger partial charge in [0.25, 0.3) is 0 Å². The zero-order chi connectivity index (χ0) is 13.8. The van der Waals surface area contributed by atoms with Crippen molar-refractivity contribution in [2.75, 3.05) is 20.2 Å². The van der Waals surface area contributed by atoms with E-state index in [4.69, 9.17) is 22.1 Å². The maximum atomic E-state index is 13.8. The molecule has 1 aromatic rings. The lowest BCUT2D eigenvalue weighted by Gasteiger charge is -2.38. The zero-order valence-electron chi connectivity index (χ0n) is 11.1. The van der Waals surface area contributed by atoms with Crippen LogP contribution < -0.4 is 5.73 Å². The number of likely N-dealkylation sites (tertiary alicyclic amines) is 1. The number of nitrogens with two attached hydrogens (primary N) is 1. The van der Waals surface area contributed by atoms with Gasteiger partial charge in [0.2, 0.25) is 0 Å². The summed E-state index contributed by atoms with van der Waals surface area (Å²) < 4.78 is 19.2. The van der Waals surface area contributed by atoms with Gasteiger partial charge >= 0.3 is 0 Å². The molecule has 2 unspecified atom stereocenters. The van der Waals surface area contributed by atoms with Crippen molar-refractivity contribution < 1.29 is 9.13 Å². The molecule has 3 nitrogen and oxygen atoms in total. The Kier molecular flexibility index (Phi) is 5.16.